The van der Waals surface area contributed by atoms with Crippen molar-refractivity contribution in [1.82, 2.24) is 14.6 Å². The molecule has 5 aromatic carbocycles. The number of anilines is 1. The monoisotopic (exact) mass is 957 g/mol. The van der Waals surface area contributed by atoms with Crippen molar-refractivity contribution in [3.63, 3.8) is 0 Å². The molecule has 1 unspecified atom stereocenters. The molecule has 1 amide bonds. The zero-order chi connectivity index (χ0) is 46.8. The summed E-state index contributed by atoms with van der Waals surface area (Å²) in [6.07, 6.45) is 1.44. The third-order valence-electron chi connectivity index (χ3n) is 12.4. The summed E-state index contributed by atoms with van der Waals surface area (Å²) >= 11 is 12.2. The van der Waals surface area contributed by atoms with Crippen LogP contribution in [0.2, 0.25) is 10.0 Å². The molecule has 1 aromatic heterocycles. The van der Waals surface area contributed by atoms with Gasteiger partial charge in [0.2, 0.25) is 15.9 Å². The summed E-state index contributed by atoms with van der Waals surface area (Å²) in [5, 5.41) is 23.1. The molecule has 6 aromatic rings. The lowest BCUT2D eigenvalue weighted by atomic mass is 9.93. The fourth-order valence-electron chi connectivity index (χ4n) is 8.67. The summed E-state index contributed by atoms with van der Waals surface area (Å²) in [7, 11) is -4.40. The van der Waals surface area contributed by atoms with Crippen LogP contribution in [-0.2, 0) is 45.6 Å². The maximum Gasteiger partial charge on any atom is 0.326 e. The molecule has 13 nitrogen and oxygen atoms in total. The summed E-state index contributed by atoms with van der Waals surface area (Å²) in [6.45, 7) is 3.58. The van der Waals surface area contributed by atoms with E-state index in [1.165, 1.54) is 6.07 Å². The lowest BCUT2D eigenvalue weighted by molar-refractivity contribution is -0.142. The number of amides is 1. The van der Waals surface area contributed by atoms with E-state index in [0.717, 1.165) is 52.5 Å². The number of carbonyl (C=O) groups excluding carboxylic acids is 1. The van der Waals surface area contributed by atoms with Crippen LogP contribution in [-0.4, -0.2) is 66.5 Å². The Hall–Kier alpha value is -6.63. The number of halogens is 2. The summed E-state index contributed by atoms with van der Waals surface area (Å²) < 4.78 is 49.5. The van der Waals surface area contributed by atoms with Gasteiger partial charge in [-0.1, -0.05) is 77.8 Å². The molecular weight excluding hydrogens is 914 g/mol. The number of aryl methyl sites for hydroxylation is 1. The van der Waals surface area contributed by atoms with E-state index in [-0.39, 0.29) is 36.6 Å². The van der Waals surface area contributed by atoms with Crippen molar-refractivity contribution in [3.8, 4) is 34.4 Å². The first-order valence-electron chi connectivity index (χ1n) is 21.8. The SMILES string of the molecule is Cc1nc(N2CCCC2)ccc1S(=O)(=O)N1Cc2cc3c(cc2CC1C(=O)N[C@@H](Cc1ccc(-c2ccc(C#N)cc2)cc1)C(=O)O)OC[C@H](c1ccc(OCc2ccc(Cl)c(Cl)c2)cc1)O3. The van der Waals surface area contributed by atoms with Crippen LogP contribution >= 0.6 is 23.2 Å². The van der Waals surface area contributed by atoms with Gasteiger partial charge >= 0.3 is 5.97 Å². The van der Waals surface area contributed by atoms with Gasteiger partial charge in [0.05, 0.1) is 27.4 Å². The van der Waals surface area contributed by atoms with E-state index in [1.54, 1.807) is 61.5 Å². The molecule has 4 heterocycles. The van der Waals surface area contributed by atoms with Crippen LogP contribution in [0, 0.1) is 18.3 Å². The number of aliphatic carboxylic acids is 1. The predicted molar refractivity (Wildman–Crippen MR) is 253 cm³/mol. The second-order valence-corrected chi connectivity index (χ2v) is 19.5. The molecule has 3 aliphatic rings. The average Bonchev–Trinajstić information content (AvgIpc) is 3.89. The number of rotatable bonds is 13. The van der Waals surface area contributed by atoms with E-state index in [2.05, 4.69) is 21.3 Å². The smallest absolute Gasteiger partial charge is 0.326 e. The number of carboxylic acids is 1. The molecule has 342 valence electrons. The van der Waals surface area contributed by atoms with Gasteiger partial charge < -0.3 is 29.5 Å². The third kappa shape index (κ3) is 9.92. The van der Waals surface area contributed by atoms with Crippen molar-refractivity contribution in [2.24, 2.45) is 0 Å². The van der Waals surface area contributed by atoms with Crippen LogP contribution in [0.5, 0.6) is 17.2 Å². The Bertz CT molecular complexity index is 3000. The first-order chi connectivity index (χ1) is 32.3. The number of carbonyl (C=O) groups is 2. The molecule has 67 heavy (non-hydrogen) atoms. The van der Waals surface area contributed by atoms with E-state index in [4.69, 9.17) is 42.7 Å². The van der Waals surface area contributed by atoms with Gasteiger partial charge in [-0.05, 0) is 126 Å². The molecule has 0 bridgehead atoms. The number of hydrogen-bond acceptors (Lipinski definition) is 10. The van der Waals surface area contributed by atoms with Crippen molar-refractivity contribution in [3.05, 3.63) is 164 Å². The van der Waals surface area contributed by atoms with Crippen molar-refractivity contribution >= 4 is 50.9 Å². The molecule has 2 N–H and O–H groups in total. The summed E-state index contributed by atoms with van der Waals surface area (Å²) in [5.41, 5.74) is 6.21. The van der Waals surface area contributed by atoms with Gasteiger partial charge in [-0.15, -0.1) is 0 Å². The second-order valence-electron chi connectivity index (χ2n) is 16.8. The Balaban J connectivity index is 0.957. The van der Waals surface area contributed by atoms with E-state index < -0.39 is 40.1 Å². The number of hydrogen-bond donors (Lipinski definition) is 2. The van der Waals surface area contributed by atoms with Crippen LogP contribution in [0.15, 0.2) is 120 Å². The number of nitrogens with zero attached hydrogens (tertiary/aromatic N) is 4. The number of pyridine rings is 1. The lowest BCUT2D eigenvalue weighted by Crippen LogP contribution is -2.55. The Morgan fingerprint density at radius 1 is 0.881 bits per heavy atom. The highest BCUT2D eigenvalue weighted by atomic mass is 35.5. The maximum atomic E-state index is 14.9. The average molecular weight is 959 g/mol. The highest BCUT2D eigenvalue weighted by Gasteiger charge is 2.42. The maximum absolute atomic E-state index is 14.9. The molecule has 0 saturated carbocycles. The Morgan fingerprint density at radius 3 is 2.24 bits per heavy atom. The summed E-state index contributed by atoms with van der Waals surface area (Å²) in [4.78, 5) is 33.9. The number of carboxylic acid groups (broad SMARTS) is 1. The van der Waals surface area contributed by atoms with Gasteiger partial charge in [-0.25, -0.2) is 18.2 Å². The zero-order valence-electron chi connectivity index (χ0n) is 36.3. The van der Waals surface area contributed by atoms with Gasteiger partial charge in [-0.3, -0.25) is 4.79 Å². The molecule has 3 aliphatic heterocycles. The van der Waals surface area contributed by atoms with Gasteiger partial charge in [-0.2, -0.15) is 9.57 Å². The van der Waals surface area contributed by atoms with E-state index >= 15 is 0 Å². The Kier molecular flexibility index (Phi) is 13.1. The molecule has 16 heteroatoms. The molecular formula is C51H45Cl2N5O8S. The third-order valence-corrected chi connectivity index (χ3v) is 15.1. The molecule has 3 atom stereocenters. The van der Waals surface area contributed by atoms with Gasteiger partial charge in [0.15, 0.2) is 17.6 Å². The van der Waals surface area contributed by atoms with E-state index in [9.17, 15) is 23.1 Å². The number of aromatic nitrogens is 1. The van der Waals surface area contributed by atoms with E-state index in [0.29, 0.717) is 62.0 Å². The molecule has 1 fully saturated rings. The predicted octanol–water partition coefficient (Wildman–Crippen LogP) is 8.85. The second kappa shape index (κ2) is 19.3. The van der Waals surface area contributed by atoms with Gasteiger partial charge in [0.1, 0.15) is 41.8 Å². The number of ether oxygens (including phenoxy) is 3. The largest absolute Gasteiger partial charge is 0.489 e. The van der Waals surface area contributed by atoms with Crippen molar-refractivity contribution in [2.45, 2.75) is 68.8 Å². The Morgan fingerprint density at radius 2 is 1.57 bits per heavy atom. The molecule has 9 rings (SSSR count). The summed E-state index contributed by atoms with van der Waals surface area (Å²) in [6, 6.07) is 33.3. The lowest BCUT2D eigenvalue weighted by Gasteiger charge is -2.37. The standard InChI is InChI=1S/C51H45Cl2N5O8S/c1-31-48(18-19-49(55-31)57-20-2-3-21-57)67(62,63)58-28-39-26-46-45(65-30-47(66-46)37-13-15-40(16-14-37)64-29-34-8-17-41(52)42(53)22-34)25-38(39)24-44(58)50(59)56-43(51(60)61)23-32-4-9-35(10-5-32)36-11-6-33(27-54)7-12-36/h4-19,22,25-26,43-44,47H,2-3,20-21,23-24,28-30H2,1H3,(H,56,59)(H,60,61)/t43-,44?,47+/m0/s1. The molecule has 0 spiro atoms. The number of benzene rings is 5. The fraction of sp³-hybridized carbons (Fsp3) is 0.255. The van der Waals surface area contributed by atoms with Crippen LogP contribution in [0.25, 0.3) is 11.1 Å². The fourth-order valence-corrected chi connectivity index (χ4v) is 10.7. The van der Waals surface area contributed by atoms with Crippen LogP contribution in [0.4, 0.5) is 5.82 Å². The highest BCUT2D eigenvalue weighted by Crippen LogP contribution is 2.42. The van der Waals surface area contributed by atoms with Crippen molar-refractivity contribution in [1.29, 1.82) is 5.26 Å². The molecule has 0 aliphatic carbocycles. The molecule has 1 saturated heterocycles. The van der Waals surface area contributed by atoms with E-state index in [1.807, 2.05) is 54.6 Å². The van der Waals surface area contributed by atoms with Crippen molar-refractivity contribution < 1.29 is 37.3 Å². The number of fused-ring (bicyclic) bond motifs is 2. The number of nitrogens with one attached hydrogen (secondary N) is 1. The first-order valence-corrected chi connectivity index (χ1v) is 24.0. The number of nitriles is 1. The minimum absolute atomic E-state index is 0.0455. The Labute approximate surface area is 398 Å². The van der Waals surface area contributed by atoms with Crippen LogP contribution in [0.3, 0.4) is 0 Å². The minimum Gasteiger partial charge on any atom is -0.489 e. The van der Waals surface area contributed by atoms with Crippen LogP contribution in [0.1, 0.15) is 58.0 Å². The van der Waals surface area contributed by atoms with Gasteiger partial charge in [0.25, 0.3) is 0 Å². The highest BCUT2D eigenvalue weighted by molar-refractivity contribution is 7.89. The van der Waals surface area contributed by atoms with Gasteiger partial charge in [0, 0.05) is 26.1 Å². The summed E-state index contributed by atoms with van der Waals surface area (Å²) in [5.74, 6) is 0.158. The van der Waals surface area contributed by atoms with Crippen molar-refractivity contribution in [2.75, 3.05) is 24.6 Å². The molecule has 0 radical (unpaired) electrons. The minimum atomic E-state index is -4.40. The topological polar surface area (TPSA) is 171 Å². The quantitative estimate of drug-likeness (QED) is 0.113. The zero-order valence-corrected chi connectivity index (χ0v) is 38.7. The number of sulfonamides is 1. The first kappa shape index (κ1) is 45.5. The normalized spacial score (nSPS) is 17.3. The van der Waals surface area contributed by atoms with Crippen LogP contribution < -0.4 is 24.4 Å².